The maximum Gasteiger partial charge on any atom is 0.163 e. The number of fused-ring (bicyclic) bond motifs is 2. The SMILES string of the molecule is COc1cc(OCC2CCCN2c2ccc(C#N)nn2)c2cc(-c3cn4cc(C)ccc4n3)oc2c1. The molecule has 0 amide bonds. The summed E-state index contributed by atoms with van der Waals surface area (Å²) in [6, 6.07) is 15.4. The van der Waals surface area contributed by atoms with Crippen molar-refractivity contribution in [3.05, 3.63) is 66.1 Å². The first-order chi connectivity index (χ1) is 17.6. The molecule has 0 bridgehead atoms. The quantitative estimate of drug-likeness (QED) is 0.342. The van der Waals surface area contributed by atoms with Crippen molar-refractivity contribution >= 4 is 22.4 Å². The number of imidazole rings is 1. The highest BCUT2D eigenvalue weighted by atomic mass is 16.5. The van der Waals surface area contributed by atoms with Gasteiger partial charge in [0.2, 0.25) is 0 Å². The van der Waals surface area contributed by atoms with E-state index in [0.29, 0.717) is 35.1 Å². The van der Waals surface area contributed by atoms with Crippen LogP contribution in [0.1, 0.15) is 24.1 Å². The fourth-order valence-electron chi connectivity index (χ4n) is 4.70. The van der Waals surface area contributed by atoms with Crippen molar-refractivity contribution in [3.63, 3.8) is 0 Å². The summed E-state index contributed by atoms with van der Waals surface area (Å²) in [4.78, 5) is 6.90. The molecule has 9 nitrogen and oxygen atoms in total. The van der Waals surface area contributed by atoms with Crippen LogP contribution >= 0.6 is 0 Å². The minimum absolute atomic E-state index is 0.140. The number of ether oxygens (including phenoxy) is 2. The van der Waals surface area contributed by atoms with Gasteiger partial charge in [-0.15, -0.1) is 10.2 Å². The summed E-state index contributed by atoms with van der Waals surface area (Å²) in [5.74, 6) is 2.77. The van der Waals surface area contributed by atoms with Gasteiger partial charge >= 0.3 is 0 Å². The largest absolute Gasteiger partial charge is 0.496 e. The zero-order valence-electron chi connectivity index (χ0n) is 20.0. The van der Waals surface area contributed by atoms with Gasteiger partial charge in [-0.2, -0.15) is 5.26 Å². The molecule has 9 heteroatoms. The molecule has 0 spiro atoms. The fourth-order valence-corrected chi connectivity index (χ4v) is 4.70. The molecule has 1 atom stereocenters. The molecule has 1 unspecified atom stereocenters. The smallest absolute Gasteiger partial charge is 0.163 e. The standard InChI is InChI=1S/C27H24N6O3/c1-17-5-7-26-29-22(15-32(26)14-17)25-12-21-23(10-20(34-2)11-24(21)36-25)35-16-19-4-3-9-33(19)27-8-6-18(13-28)30-31-27/h5-8,10-12,14-15,19H,3-4,9,16H2,1-2H3. The first kappa shape index (κ1) is 21.9. The van der Waals surface area contributed by atoms with E-state index < -0.39 is 0 Å². The summed E-state index contributed by atoms with van der Waals surface area (Å²) in [5, 5.41) is 18.1. The van der Waals surface area contributed by atoms with E-state index in [1.807, 2.05) is 59.3 Å². The van der Waals surface area contributed by atoms with E-state index in [-0.39, 0.29) is 6.04 Å². The number of hydrogen-bond donors (Lipinski definition) is 0. The number of benzene rings is 1. The van der Waals surface area contributed by atoms with E-state index in [0.717, 1.165) is 47.5 Å². The van der Waals surface area contributed by atoms with Crippen molar-refractivity contribution < 1.29 is 13.9 Å². The van der Waals surface area contributed by atoms with Gasteiger partial charge in [0.15, 0.2) is 17.3 Å². The van der Waals surface area contributed by atoms with E-state index >= 15 is 0 Å². The Morgan fingerprint density at radius 2 is 2.06 bits per heavy atom. The second kappa shape index (κ2) is 8.89. The highest BCUT2D eigenvalue weighted by molar-refractivity contribution is 5.89. The number of nitriles is 1. The average molecular weight is 481 g/mol. The lowest BCUT2D eigenvalue weighted by molar-refractivity contribution is 0.289. The molecule has 4 aromatic heterocycles. The van der Waals surface area contributed by atoms with Crippen molar-refractivity contribution in [1.82, 2.24) is 19.6 Å². The van der Waals surface area contributed by atoms with Gasteiger partial charge in [0.1, 0.15) is 41.1 Å². The molecule has 0 N–H and O–H groups in total. The second-order valence-corrected chi connectivity index (χ2v) is 8.94. The summed E-state index contributed by atoms with van der Waals surface area (Å²) in [5.41, 5.74) is 3.75. The molecule has 1 fully saturated rings. The molecule has 1 aliphatic heterocycles. The predicted molar refractivity (Wildman–Crippen MR) is 134 cm³/mol. The number of furan rings is 1. The highest BCUT2D eigenvalue weighted by Gasteiger charge is 2.27. The highest BCUT2D eigenvalue weighted by Crippen LogP contribution is 2.37. The molecule has 5 heterocycles. The van der Waals surface area contributed by atoms with Gasteiger partial charge in [0.25, 0.3) is 0 Å². The Bertz CT molecular complexity index is 1600. The first-order valence-corrected chi connectivity index (χ1v) is 11.8. The molecule has 0 radical (unpaired) electrons. The van der Waals surface area contributed by atoms with Gasteiger partial charge in [-0.25, -0.2) is 4.98 Å². The van der Waals surface area contributed by atoms with Crippen molar-refractivity contribution in [2.24, 2.45) is 0 Å². The Labute approximate surface area is 207 Å². The molecule has 1 aromatic carbocycles. The predicted octanol–water partition coefficient (Wildman–Crippen LogP) is 4.77. The van der Waals surface area contributed by atoms with Crippen LogP contribution < -0.4 is 14.4 Å². The third-order valence-electron chi connectivity index (χ3n) is 6.53. The summed E-state index contributed by atoms with van der Waals surface area (Å²) in [6.07, 6.45) is 6.02. The Morgan fingerprint density at radius 3 is 2.86 bits per heavy atom. The van der Waals surface area contributed by atoms with E-state index in [1.54, 1.807) is 13.2 Å². The van der Waals surface area contributed by atoms with Crippen molar-refractivity contribution in [1.29, 1.82) is 5.26 Å². The van der Waals surface area contributed by atoms with Crippen molar-refractivity contribution in [2.75, 3.05) is 25.2 Å². The number of hydrogen-bond acceptors (Lipinski definition) is 8. The second-order valence-electron chi connectivity index (χ2n) is 8.94. The molecule has 0 saturated carbocycles. The Morgan fingerprint density at radius 1 is 1.14 bits per heavy atom. The minimum atomic E-state index is 0.140. The summed E-state index contributed by atoms with van der Waals surface area (Å²) < 4.78 is 20.1. The van der Waals surface area contributed by atoms with Gasteiger partial charge in [-0.1, -0.05) is 6.07 Å². The lowest BCUT2D eigenvalue weighted by atomic mass is 10.2. The summed E-state index contributed by atoms with van der Waals surface area (Å²) >= 11 is 0. The molecular weight excluding hydrogens is 456 g/mol. The number of aromatic nitrogens is 4. The zero-order chi connectivity index (χ0) is 24.6. The number of nitrogens with zero attached hydrogens (tertiary/aromatic N) is 6. The molecule has 1 saturated heterocycles. The van der Waals surface area contributed by atoms with E-state index in [1.165, 1.54) is 0 Å². The van der Waals surface area contributed by atoms with E-state index in [4.69, 9.17) is 24.1 Å². The van der Waals surface area contributed by atoms with Crippen LogP contribution in [-0.4, -0.2) is 45.9 Å². The van der Waals surface area contributed by atoms with Crippen LogP contribution in [0.2, 0.25) is 0 Å². The van der Waals surface area contributed by atoms with Gasteiger partial charge in [-0.05, 0) is 49.6 Å². The van der Waals surface area contributed by atoms with Crippen molar-refractivity contribution in [2.45, 2.75) is 25.8 Å². The average Bonchev–Trinajstić information content (AvgIpc) is 3.64. The van der Waals surface area contributed by atoms with E-state index in [9.17, 15) is 0 Å². The van der Waals surface area contributed by atoms with Crippen LogP contribution in [0.3, 0.4) is 0 Å². The number of methoxy groups -OCH3 is 1. The van der Waals surface area contributed by atoms with Gasteiger partial charge in [-0.3, -0.25) is 0 Å². The Hall–Kier alpha value is -4.58. The Balaban J connectivity index is 1.29. The van der Waals surface area contributed by atoms with E-state index in [2.05, 4.69) is 22.0 Å². The molecule has 1 aliphatic rings. The van der Waals surface area contributed by atoms with Crippen molar-refractivity contribution in [3.8, 4) is 29.0 Å². The Kier molecular flexibility index (Phi) is 5.41. The molecule has 6 rings (SSSR count). The number of aryl methyl sites for hydroxylation is 1. The molecule has 0 aliphatic carbocycles. The number of rotatable bonds is 6. The van der Waals surface area contributed by atoms with Crippen LogP contribution in [0.15, 0.2) is 59.3 Å². The third kappa shape index (κ3) is 3.96. The van der Waals surface area contributed by atoms with Crippen LogP contribution in [0, 0.1) is 18.3 Å². The lowest BCUT2D eigenvalue weighted by Gasteiger charge is -2.25. The van der Waals surface area contributed by atoms with Gasteiger partial charge in [0.05, 0.1) is 18.5 Å². The first-order valence-electron chi connectivity index (χ1n) is 11.8. The molecule has 5 aromatic rings. The monoisotopic (exact) mass is 480 g/mol. The maximum absolute atomic E-state index is 9.00. The van der Waals surface area contributed by atoms with Crippen LogP contribution in [0.4, 0.5) is 5.82 Å². The van der Waals surface area contributed by atoms with Crippen LogP contribution in [0.5, 0.6) is 11.5 Å². The number of anilines is 1. The normalized spacial score (nSPS) is 15.5. The molecule has 36 heavy (non-hydrogen) atoms. The van der Waals surface area contributed by atoms with Gasteiger partial charge in [0, 0.05) is 31.1 Å². The lowest BCUT2D eigenvalue weighted by Crippen LogP contribution is -2.35. The summed E-state index contributed by atoms with van der Waals surface area (Å²) in [6.45, 7) is 3.39. The molecule has 180 valence electrons. The maximum atomic E-state index is 9.00. The van der Waals surface area contributed by atoms with Gasteiger partial charge < -0.3 is 23.2 Å². The van der Waals surface area contributed by atoms with Crippen LogP contribution in [-0.2, 0) is 0 Å². The topological polar surface area (TPSA) is 102 Å². The fraction of sp³-hybridized carbons (Fsp3) is 0.259. The molecular formula is C27H24N6O3. The third-order valence-corrected chi connectivity index (χ3v) is 6.53. The minimum Gasteiger partial charge on any atom is -0.496 e. The zero-order valence-corrected chi connectivity index (χ0v) is 20.0. The van der Waals surface area contributed by atoms with Crippen LogP contribution in [0.25, 0.3) is 28.1 Å². The summed E-state index contributed by atoms with van der Waals surface area (Å²) in [7, 11) is 1.63. The number of pyridine rings is 1.